The van der Waals surface area contributed by atoms with Crippen LogP contribution in [0.5, 0.6) is 0 Å². The van der Waals surface area contributed by atoms with E-state index >= 15 is 0 Å². The lowest BCUT2D eigenvalue weighted by Gasteiger charge is -2.31. The van der Waals surface area contributed by atoms with Crippen molar-refractivity contribution in [1.29, 1.82) is 0 Å². The quantitative estimate of drug-likeness (QED) is 0.861. The molecule has 1 unspecified atom stereocenters. The summed E-state index contributed by atoms with van der Waals surface area (Å²) in [4.78, 5) is 14.4. The SMILES string of the molecule is COC(=O)C(N)c1c(C)n(C)c2cc3c(cc12)CN(C(C)(C)C)C3. The van der Waals surface area contributed by atoms with Gasteiger partial charge in [0, 0.05) is 47.8 Å². The van der Waals surface area contributed by atoms with E-state index in [-0.39, 0.29) is 5.54 Å². The molecule has 0 aliphatic carbocycles. The molecule has 0 saturated carbocycles. The van der Waals surface area contributed by atoms with Gasteiger partial charge < -0.3 is 15.0 Å². The molecule has 5 heteroatoms. The molecule has 3 rings (SSSR count). The highest BCUT2D eigenvalue weighted by Crippen LogP contribution is 2.36. The van der Waals surface area contributed by atoms with E-state index in [1.54, 1.807) is 0 Å². The Morgan fingerprint density at radius 3 is 2.38 bits per heavy atom. The number of aryl methyl sites for hydroxylation is 1. The molecule has 1 aromatic heterocycles. The molecule has 24 heavy (non-hydrogen) atoms. The number of carbonyl (C=O) groups excluding carboxylic acids is 1. The normalized spacial score (nSPS) is 16.5. The number of ether oxygens (including phenoxy) is 1. The lowest BCUT2D eigenvalue weighted by atomic mass is 10.0. The van der Waals surface area contributed by atoms with Crippen LogP contribution in [0.25, 0.3) is 10.9 Å². The minimum absolute atomic E-state index is 0.131. The van der Waals surface area contributed by atoms with Gasteiger partial charge in [-0.05, 0) is 51.0 Å². The van der Waals surface area contributed by atoms with Gasteiger partial charge in [-0.2, -0.15) is 0 Å². The summed E-state index contributed by atoms with van der Waals surface area (Å²) in [5.74, 6) is -0.401. The van der Waals surface area contributed by atoms with Crippen LogP contribution in [0.2, 0.25) is 0 Å². The highest BCUT2D eigenvalue weighted by atomic mass is 16.5. The molecule has 1 aliphatic heterocycles. The number of fused-ring (bicyclic) bond motifs is 2. The van der Waals surface area contributed by atoms with Crippen LogP contribution in [-0.4, -0.2) is 28.1 Å². The predicted octanol–water partition coefficient (Wildman–Crippen LogP) is 2.77. The van der Waals surface area contributed by atoms with E-state index in [1.165, 1.54) is 18.2 Å². The first-order valence-corrected chi connectivity index (χ1v) is 8.34. The highest BCUT2D eigenvalue weighted by Gasteiger charge is 2.30. The van der Waals surface area contributed by atoms with Crippen LogP contribution in [0.1, 0.15) is 49.2 Å². The van der Waals surface area contributed by atoms with Crippen molar-refractivity contribution in [2.24, 2.45) is 12.8 Å². The van der Waals surface area contributed by atoms with E-state index in [9.17, 15) is 4.79 Å². The van der Waals surface area contributed by atoms with Gasteiger partial charge in [0.1, 0.15) is 6.04 Å². The van der Waals surface area contributed by atoms with Crippen molar-refractivity contribution in [2.75, 3.05) is 7.11 Å². The number of aromatic nitrogens is 1. The summed E-state index contributed by atoms with van der Waals surface area (Å²) < 4.78 is 6.97. The Bertz CT molecular complexity index is 814. The summed E-state index contributed by atoms with van der Waals surface area (Å²) >= 11 is 0. The van der Waals surface area contributed by atoms with Crippen molar-refractivity contribution in [1.82, 2.24) is 9.47 Å². The van der Waals surface area contributed by atoms with E-state index in [0.29, 0.717) is 0 Å². The molecule has 2 heterocycles. The van der Waals surface area contributed by atoms with Gasteiger partial charge in [-0.1, -0.05) is 0 Å². The van der Waals surface area contributed by atoms with Crippen molar-refractivity contribution in [3.05, 3.63) is 34.5 Å². The Labute approximate surface area is 143 Å². The number of nitrogens with two attached hydrogens (primary N) is 1. The maximum absolute atomic E-state index is 12.0. The number of carbonyl (C=O) groups is 1. The fraction of sp³-hybridized carbons (Fsp3) is 0.526. The van der Waals surface area contributed by atoms with E-state index in [0.717, 1.165) is 35.2 Å². The molecule has 2 aromatic rings. The third kappa shape index (κ3) is 2.52. The first-order chi connectivity index (χ1) is 11.1. The first-order valence-electron chi connectivity index (χ1n) is 8.34. The second-order valence-electron chi connectivity index (χ2n) is 7.72. The molecular formula is C19H27N3O2. The number of nitrogens with zero attached hydrogens (tertiary/aromatic N) is 2. The smallest absolute Gasteiger partial charge is 0.327 e. The molecule has 0 radical (unpaired) electrons. The van der Waals surface area contributed by atoms with Crippen molar-refractivity contribution < 1.29 is 9.53 Å². The highest BCUT2D eigenvalue weighted by molar-refractivity contribution is 5.92. The Morgan fingerprint density at radius 2 is 1.83 bits per heavy atom. The zero-order chi connectivity index (χ0) is 17.8. The van der Waals surface area contributed by atoms with Gasteiger partial charge in [-0.15, -0.1) is 0 Å². The minimum Gasteiger partial charge on any atom is -0.468 e. The number of hydrogen-bond donors (Lipinski definition) is 1. The van der Waals surface area contributed by atoms with Gasteiger partial charge in [-0.3, -0.25) is 9.69 Å². The third-order valence-corrected chi connectivity index (χ3v) is 5.30. The molecule has 0 fully saturated rings. The summed E-state index contributed by atoms with van der Waals surface area (Å²) in [6.45, 7) is 10.6. The summed E-state index contributed by atoms with van der Waals surface area (Å²) in [5, 5.41) is 1.06. The molecule has 1 aliphatic rings. The standard InChI is InChI=1S/C19H27N3O2/c1-11-16(17(20)18(23)24-6)14-7-12-9-22(19(2,3)4)10-13(12)8-15(14)21(11)5/h7-8,17H,9-10,20H2,1-6H3. The topological polar surface area (TPSA) is 60.5 Å². The summed E-state index contributed by atoms with van der Waals surface area (Å²) in [6, 6.07) is 3.70. The predicted molar refractivity (Wildman–Crippen MR) is 95.6 cm³/mol. The summed E-state index contributed by atoms with van der Waals surface area (Å²) in [7, 11) is 3.40. The van der Waals surface area contributed by atoms with E-state index < -0.39 is 12.0 Å². The van der Waals surface area contributed by atoms with Crippen LogP contribution in [0.4, 0.5) is 0 Å². The molecule has 5 nitrogen and oxygen atoms in total. The maximum Gasteiger partial charge on any atom is 0.327 e. The van der Waals surface area contributed by atoms with Crippen LogP contribution in [0.15, 0.2) is 12.1 Å². The van der Waals surface area contributed by atoms with Crippen molar-refractivity contribution in [3.63, 3.8) is 0 Å². The summed E-state index contributed by atoms with van der Waals surface area (Å²) in [6.07, 6.45) is 0. The van der Waals surface area contributed by atoms with Crippen LogP contribution in [0.3, 0.4) is 0 Å². The first kappa shape index (κ1) is 17.0. The largest absolute Gasteiger partial charge is 0.468 e. The number of hydrogen-bond acceptors (Lipinski definition) is 4. The number of benzene rings is 1. The summed E-state index contributed by atoms with van der Waals surface area (Å²) in [5.41, 5.74) is 12.0. The van der Waals surface area contributed by atoms with Crippen LogP contribution in [0, 0.1) is 6.92 Å². The minimum atomic E-state index is -0.753. The zero-order valence-electron chi connectivity index (χ0n) is 15.4. The molecule has 1 aromatic carbocycles. The second-order valence-corrected chi connectivity index (χ2v) is 7.72. The van der Waals surface area contributed by atoms with Gasteiger partial charge in [0.25, 0.3) is 0 Å². The van der Waals surface area contributed by atoms with Crippen LogP contribution < -0.4 is 5.73 Å². The lowest BCUT2D eigenvalue weighted by molar-refractivity contribution is -0.142. The Morgan fingerprint density at radius 1 is 1.25 bits per heavy atom. The number of rotatable bonds is 2. The average Bonchev–Trinajstić information content (AvgIpc) is 3.04. The van der Waals surface area contributed by atoms with Crippen molar-refractivity contribution in [2.45, 2.75) is 52.4 Å². The number of esters is 1. The molecular weight excluding hydrogens is 302 g/mol. The van der Waals surface area contributed by atoms with Crippen molar-refractivity contribution >= 4 is 16.9 Å². The van der Waals surface area contributed by atoms with Gasteiger partial charge in [0.05, 0.1) is 7.11 Å². The monoisotopic (exact) mass is 329 g/mol. The van der Waals surface area contributed by atoms with Gasteiger partial charge >= 0.3 is 5.97 Å². The Hall–Kier alpha value is -1.85. The molecule has 1 atom stereocenters. The van der Waals surface area contributed by atoms with Crippen molar-refractivity contribution in [3.8, 4) is 0 Å². The second kappa shape index (κ2) is 5.60. The van der Waals surface area contributed by atoms with E-state index in [2.05, 4.69) is 42.4 Å². The van der Waals surface area contributed by atoms with Crippen LogP contribution >= 0.6 is 0 Å². The van der Waals surface area contributed by atoms with Gasteiger partial charge in [0.2, 0.25) is 0 Å². The third-order valence-electron chi connectivity index (χ3n) is 5.30. The van der Waals surface area contributed by atoms with Gasteiger partial charge in [0.15, 0.2) is 0 Å². The molecule has 0 bridgehead atoms. The molecule has 0 saturated heterocycles. The maximum atomic E-state index is 12.0. The fourth-order valence-electron chi connectivity index (χ4n) is 3.60. The Kier molecular flexibility index (Phi) is 3.97. The molecule has 0 spiro atoms. The zero-order valence-corrected chi connectivity index (χ0v) is 15.4. The number of methoxy groups -OCH3 is 1. The Balaban J connectivity index is 2.14. The average molecular weight is 329 g/mol. The lowest BCUT2D eigenvalue weighted by Crippen LogP contribution is -2.36. The molecule has 2 N–H and O–H groups in total. The molecule has 0 amide bonds. The van der Waals surface area contributed by atoms with E-state index in [4.69, 9.17) is 10.5 Å². The van der Waals surface area contributed by atoms with Crippen LogP contribution in [-0.2, 0) is 29.7 Å². The van der Waals surface area contributed by atoms with E-state index in [1.807, 2.05) is 14.0 Å². The fourth-order valence-corrected chi connectivity index (χ4v) is 3.60. The van der Waals surface area contributed by atoms with Gasteiger partial charge in [-0.25, -0.2) is 0 Å². The molecule has 130 valence electrons.